The molecule has 0 amide bonds. The van der Waals surface area contributed by atoms with Crippen LogP contribution in [0.2, 0.25) is 0 Å². The Balaban J connectivity index is 1.46. The molecule has 154 valence electrons. The van der Waals surface area contributed by atoms with Gasteiger partial charge in [-0.1, -0.05) is 23.8 Å². The van der Waals surface area contributed by atoms with Gasteiger partial charge in [0.15, 0.2) is 0 Å². The van der Waals surface area contributed by atoms with Gasteiger partial charge in [0, 0.05) is 55.5 Å². The van der Waals surface area contributed by atoms with Crippen molar-refractivity contribution in [3.63, 3.8) is 0 Å². The van der Waals surface area contributed by atoms with Gasteiger partial charge in [0.25, 0.3) is 5.56 Å². The number of nitrogen functional groups attached to an aromatic ring is 1. The molecule has 0 saturated carbocycles. The van der Waals surface area contributed by atoms with Crippen molar-refractivity contribution in [1.82, 2.24) is 19.4 Å². The van der Waals surface area contributed by atoms with E-state index in [2.05, 4.69) is 53.0 Å². The Morgan fingerprint density at radius 1 is 1.07 bits per heavy atom. The molecule has 1 fully saturated rings. The van der Waals surface area contributed by atoms with Gasteiger partial charge < -0.3 is 10.3 Å². The van der Waals surface area contributed by atoms with Crippen molar-refractivity contribution in [3.05, 3.63) is 75.5 Å². The Bertz CT molecular complexity index is 1170. The van der Waals surface area contributed by atoms with Crippen molar-refractivity contribution < 1.29 is 0 Å². The zero-order valence-electron chi connectivity index (χ0n) is 17.5. The SMILES string of the molecule is Cc1ccc(C)c(CN2C[C@@H]3C[C@H](C2)c2cc(-c4cc(N)ncn4)cc(=O)n2C3)c1. The van der Waals surface area contributed by atoms with Gasteiger partial charge in [-0.3, -0.25) is 9.69 Å². The minimum Gasteiger partial charge on any atom is -0.384 e. The third-order valence-corrected chi connectivity index (χ3v) is 6.51. The molecule has 5 rings (SSSR count). The lowest BCUT2D eigenvalue weighted by Crippen LogP contribution is -2.46. The minimum atomic E-state index is 0.0531. The van der Waals surface area contributed by atoms with Crippen LogP contribution in [0, 0.1) is 19.8 Å². The van der Waals surface area contributed by atoms with Crippen LogP contribution in [-0.2, 0) is 13.1 Å². The first-order valence-electron chi connectivity index (χ1n) is 10.6. The number of nitrogens with two attached hydrogens (primary N) is 1. The molecule has 2 bridgehead atoms. The molecule has 4 heterocycles. The fourth-order valence-corrected chi connectivity index (χ4v) is 5.08. The van der Waals surface area contributed by atoms with E-state index >= 15 is 0 Å². The van der Waals surface area contributed by atoms with Crippen molar-refractivity contribution in [2.45, 2.75) is 39.3 Å². The molecule has 2 aromatic heterocycles. The number of hydrogen-bond donors (Lipinski definition) is 1. The molecule has 2 aliphatic rings. The van der Waals surface area contributed by atoms with Crippen LogP contribution in [-0.4, -0.2) is 32.5 Å². The summed E-state index contributed by atoms with van der Waals surface area (Å²) in [5.74, 6) is 1.28. The molecule has 6 nitrogen and oxygen atoms in total. The number of nitrogens with zero attached hydrogens (tertiary/aromatic N) is 4. The normalized spacial score (nSPS) is 20.7. The summed E-state index contributed by atoms with van der Waals surface area (Å²) in [5, 5.41) is 0. The maximum atomic E-state index is 12.9. The second-order valence-electron chi connectivity index (χ2n) is 8.87. The van der Waals surface area contributed by atoms with Gasteiger partial charge in [-0.2, -0.15) is 0 Å². The van der Waals surface area contributed by atoms with Gasteiger partial charge in [-0.05, 0) is 43.4 Å². The van der Waals surface area contributed by atoms with Crippen molar-refractivity contribution in [3.8, 4) is 11.3 Å². The average molecular weight is 402 g/mol. The van der Waals surface area contributed by atoms with E-state index in [1.54, 1.807) is 12.1 Å². The molecule has 3 aromatic rings. The van der Waals surface area contributed by atoms with Crippen LogP contribution >= 0.6 is 0 Å². The molecule has 2 aliphatic heterocycles. The molecule has 30 heavy (non-hydrogen) atoms. The van der Waals surface area contributed by atoms with Crippen LogP contribution in [0.3, 0.4) is 0 Å². The molecule has 1 saturated heterocycles. The van der Waals surface area contributed by atoms with E-state index < -0.39 is 0 Å². The molecule has 6 heteroatoms. The van der Waals surface area contributed by atoms with E-state index in [0.29, 0.717) is 23.3 Å². The predicted molar refractivity (Wildman–Crippen MR) is 118 cm³/mol. The highest BCUT2D eigenvalue weighted by atomic mass is 16.1. The van der Waals surface area contributed by atoms with Crippen LogP contribution in [0.1, 0.15) is 34.7 Å². The summed E-state index contributed by atoms with van der Waals surface area (Å²) in [5.41, 5.74) is 12.6. The molecule has 0 spiro atoms. The standard InChI is InChI=1S/C24H27N5O/c1-15-3-4-16(2)19(5-15)12-28-10-17-6-20(13-28)22-7-18(8-24(30)29(22)11-17)21-9-23(25)27-14-26-21/h3-5,7-9,14,17,20H,6,10-13H2,1-2H3,(H2,25,26,27)/t17-,20+/m0/s1. The van der Waals surface area contributed by atoms with Crippen molar-refractivity contribution >= 4 is 5.82 Å². The van der Waals surface area contributed by atoms with E-state index in [1.807, 2.05) is 4.57 Å². The molecular formula is C24H27N5O. The number of piperidine rings is 1. The lowest BCUT2D eigenvalue weighted by Gasteiger charge is -2.43. The maximum Gasteiger partial charge on any atom is 0.251 e. The first-order chi connectivity index (χ1) is 14.5. The summed E-state index contributed by atoms with van der Waals surface area (Å²) >= 11 is 0. The largest absolute Gasteiger partial charge is 0.384 e. The van der Waals surface area contributed by atoms with Gasteiger partial charge in [-0.15, -0.1) is 0 Å². The second-order valence-corrected chi connectivity index (χ2v) is 8.87. The molecular weight excluding hydrogens is 374 g/mol. The van der Waals surface area contributed by atoms with E-state index in [1.165, 1.54) is 23.0 Å². The summed E-state index contributed by atoms with van der Waals surface area (Å²) < 4.78 is 1.97. The van der Waals surface area contributed by atoms with E-state index in [9.17, 15) is 4.79 Å². The van der Waals surface area contributed by atoms with Crippen LogP contribution in [0.5, 0.6) is 0 Å². The Morgan fingerprint density at radius 3 is 2.77 bits per heavy atom. The highest BCUT2D eigenvalue weighted by Gasteiger charge is 2.35. The summed E-state index contributed by atoms with van der Waals surface area (Å²) in [6, 6.07) is 12.2. The molecule has 1 aromatic carbocycles. The number of rotatable bonds is 3. The predicted octanol–water partition coefficient (Wildman–Crippen LogP) is 3.12. The van der Waals surface area contributed by atoms with Gasteiger partial charge in [0.2, 0.25) is 0 Å². The Morgan fingerprint density at radius 2 is 1.93 bits per heavy atom. The molecule has 2 N–H and O–H groups in total. The van der Waals surface area contributed by atoms with Crippen LogP contribution in [0.4, 0.5) is 5.82 Å². The van der Waals surface area contributed by atoms with Crippen molar-refractivity contribution in [2.24, 2.45) is 5.92 Å². The van der Waals surface area contributed by atoms with Gasteiger partial charge in [0.1, 0.15) is 12.1 Å². The maximum absolute atomic E-state index is 12.9. The zero-order chi connectivity index (χ0) is 20.8. The Hall–Kier alpha value is -2.99. The van der Waals surface area contributed by atoms with Crippen LogP contribution < -0.4 is 11.3 Å². The first kappa shape index (κ1) is 19.0. The van der Waals surface area contributed by atoms with E-state index in [0.717, 1.165) is 43.9 Å². The fourth-order valence-electron chi connectivity index (χ4n) is 5.08. The Labute approximate surface area is 176 Å². The topological polar surface area (TPSA) is 77.0 Å². The van der Waals surface area contributed by atoms with Crippen molar-refractivity contribution in [1.29, 1.82) is 0 Å². The average Bonchev–Trinajstić information content (AvgIpc) is 2.71. The number of anilines is 1. The molecule has 0 unspecified atom stereocenters. The number of likely N-dealkylation sites (tertiary alicyclic amines) is 1. The molecule has 0 aliphatic carbocycles. The fraction of sp³-hybridized carbons (Fsp3) is 0.375. The summed E-state index contributed by atoms with van der Waals surface area (Å²) in [7, 11) is 0. The highest BCUT2D eigenvalue weighted by molar-refractivity contribution is 5.61. The smallest absolute Gasteiger partial charge is 0.251 e. The summed E-state index contributed by atoms with van der Waals surface area (Å²) in [4.78, 5) is 23.7. The van der Waals surface area contributed by atoms with Crippen molar-refractivity contribution in [2.75, 3.05) is 18.8 Å². The number of fused-ring (bicyclic) bond motifs is 4. The van der Waals surface area contributed by atoms with E-state index in [-0.39, 0.29) is 5.56 Å². The summed E-state index contributed by atoms with van der Waals surface area (Å²) in [6.07, 6.45) is 2.59. The van der Waals surface area contributed by atoms with Gasteiger partial charge in [-0.25, -0.2) is 9.97 Å². The highest BCUT2D eigenvalue weighted by Crippen LogP contribution is 2.37. The first-order valence-corrected chi connectivity index (χ1v) is 10.6. The second kappa shape index (κ2) is 7.36. The Kier molecular flexibility index (Phi) is 4.66. The number of hydrogen-bond acceptors (Lipinski definition) is 5. The van der Waals surface area contributed by atoms with Gasteiger partial charge in [0.05, 0.1) is 5.69 Å². The summed E-state index contributed by atoms with van der Waals surface area (Å²) in [6.45, 7) is 8.11. The molecule has 0 radical (unpaired) electrons. The monoisotopic (exact) mass is 401 g/mol. The third-order valence-electron chi connectivity index (χ3n) is 6.51. The number of benzene rings is 1. The minimum absolute atomic E-state index is 0.0531. The van der Waals surface area contributed by atoms with E-state index in [4.69, 9.17) is 5.73 Å². The number of aryl methyl sites for hydroxylation is 2. The lowest BCUT2D eigenvalue weighted by atomic mass is 9.82. The lowest BCUT2D eigenvalue weighted by molar-refractivity contribution is 0.114. The van der Waals surface area contributed by atoms with Crippen LogP contribution in [0.15, 0.2) is 47.5 Å². The quantitative estimate of drug-likeness (QED) is 0.730. The van der Waals surface area contributed by atoms with Gasteiger partial charge >= 0.3 is 0 Å². The third kappa shape index (κ3) is 3.52. The van der Waals surface area contributed by atoms with Crippen LogP contribution in [0.25, 0.3) is 11.3 Å². The molecule has 2 atom stereocenters. The zero-order valence-corrected chi connectivity index (χ0v) is 17.5. The number of pyridine rings is 1. The number of aromatic nitrogens is 3.